The van der Waals surface area contributed by atoms with Crippen molar-refractivity contribution in [1.82, 2.24) is 5.32 Å². The summed E-state index contributed by atoms with van der Waals surface area (Å²) in [5.41, 5.74) is 2.21. The zero-order chi connectivity index (χ0) is 22.0. The number of ether oxygens (including phenoxy) is 4. The van der Waals surface area contributed by atoms with Crippen molar-refractivity contribution in [3.05, 3.63) is 35.4 Å². The summed E-state index contributed by atoms with van der Waals surface area (Å²) in [7, 11) is 0. The third-order valence-electron chi connectivity index (χ3n) is 7.50. The molecule has 1 aromatic carbocycles. The number of nitrogens with one attached hydrogen (secondary N) is 1. The zero-order valence-corrected chi connectivity index (χ0v) is 19.1. The van der Waals surface area contributed by atoms with E-state index in [0.717, 1.165) is 36.3 Å². The minimum Gasteiger partial charge on any atom is -0.454 e. The van der Waals surface area contributed by atoms with Gasteiger partial charge >= 0.3 is 6.09 Å². The van der Waals surface area contributed by atoms with Crippen LogP contribution in [0.1, 0.15) is 58.6 Å². The molecule has 1 amide bonds. The smallest absolute Gasteiger partial charge is 0.407 e. The van der Waals surface area contributed by atoms with Crippen LogP contribution in [-0.2, 0) is 9.47 Å². The first-order chi connectivity index (χ1) is 15.0. The van der Waals surface area contributed by atoms with Crippen molar-refractivity contribution in [2.24, 2.45) is 23.2 Å². The van der Waals surface area contributed by atoms with Crippen molar-refractivity contribution < 1.29 is 23.7 Å². The maximum atomic E-state index is 12.3. The second-order valence-electron chi connectivity index (χ2n) is 9.30. The Kier molecular flexibility index (Phi) is 6.47. The second kappa shape index (κ2) is 9.11. The van der Waals surface area contributed by atoms with Gasteiger partial charge in [-0.3, -0.25) is 0 Å². The molecule has 4 rings (SSSR count). The lowest BCUT2D eigenvalue weighted by atomic mass is 9.56. The van der Waals surface area contributed by atoms with Gasteiger partial charge in [0, 0.05) is 17.9 Å². The molecule has 6 nitrogen and oxygen atoms in total. The molecule has 1 aliphatic carbocycles. The van der Waals surface area contributed by atoms with E-state index >= 15 is 0 Å². The summed E-state index contributed by atoms with van der Waals surface area (Å²) in [6, 6.07) is 6.08. The third-order valence-corrected chi connectivity index (χ3v) is 7.50. The second-order valence-corrected chi connectivity index (χ2v) is 9.30. The molecule has 3 aliphatic rings. The number of benzene rings is 1. The van der Waals surface area contributed by atoms with Crippen LogP contribution in [0.15, 0.2) is 29.8 Å². The number of carbonyl (C=O) groups is 1. The topological polar surface area (TPSA) is 66.0 Å². The average Bonchev–Trinajstić information content (AvgIpc) is 3.22. The largest absolute Gasteiger partial charge is 0.454 e. The Morgan fingerprint density at radius 1 is 1.23 bits per heavy atom. The molecular formula is C25H35NO5. The normalized spacial score (nSPS) is 31.2. The highest BCUT2D eigenvalue weighted by Crippen LogP contribution is 2.56. The van der Waals surface area contributed by atoms with Gasteiger partial charge in [0.15, 0.2) is 11.5 Å². The fourth-order valence-electron chi connectivity index (χ4n) is 5.47. The van der Waals surface area contributed by atoms with Crippen LogP contribution in [0.25, 0.3) is 0 Å². The predicted molar refractivity (Wildman–Crippen MR) is 118 cm³/mol. The van der Waals surface area contributed by atoms with Gasteiger partial charge < -0.3 is 24.3 Å². The number of rotatable bonds is 7. The van der Waals surface area contributed by atoms with Crippen LogP contribution in [0.4, 0.5) is 4.79 Å². The number of alkyl carbamates (subject to hydrolysis) is 1. The average molecular weight is 430 g/mol. The van der Waals surface area contributed by atoms with E-state index in [0.29, 0.717) is 25.7 Å². The fourth-order valence-corrected chi connectivity index (χ4v) is 5.47. The summed E-state index contributed by atoms with van der Waals surface area (Å²) >= 11 is 0. The molecule has 170 valence electrons. The molecule has 2 heterocycles. The number of allylic oxidation sites excluding steroid dienone is 1. The number of amides is 1. The number of hydrogen-bond donors (Lipinski definition) is 1. The van der Waals surface area contributed by atoms with E-state index in [2.05, 4.69) is 45.2 Å². The first-order valence-corrected chi connectivity index (χ1v) is 11.6. The standard InChI is InChI=1S/C25H35NO5/c1-5-6-7-10-26-24(27)29-14-25-13-28-23(22(18(25)4)16(2)11-17(25)3)19-8-9-20-21(12-19)31-15-30-20/h8-9,11-12,17-18,22-23H,5-7,10,13-15H2,1-4H3,(H,26,27)/t17-,18+,22-,23-,25-/m0/s1. The van der Waals surface area contributed by atoms with Crippen LogP contribution in [0.2, 0.25) is 0 Å². The monoisotopic (exact) mass is 429 g/mol. The van der Waals surface area contributed by atoms with Crippen molar-refractivity contribution in [1.29, 1.82) is 0 Å². The molecule has 0 aromatic heterocycles. The Bertz CT molecular complexity index is 837. The van der Waals surface area contributed by atoms with E-state index in [9.17, 15) is 4.79 Å². The number of hydrogen-bond acceptors (Lipinski definition) is 5. The quantitative estimate of drug-likeness (QED) is 0.474. The SMILES string of the molecule is CCCCCNC(=O)OC[C@@]12CO[C@@H](c3ccc4c(c3)OCO4)[C@@H](C(C)=C[C@@H]1C)[C@H]2C. The zero-order valence-electron chi connectivity index (χ0n) is 19.1. The number of fused-ring (bicyclic) bond motifs is 3. The van der Waals surface area contributed by atoms with Crippen LogP contribution in [-0.4, -0.2) is 32.6 Å². The minimum atomic E-state index is -0.328. The van der Waals surface area contributed by atoms with Gasteiger partial charge in [-0.1, -0.05) is 51.3 Å². The molecule has 2 bridgehead atoms. The maximum absolute atomic E-state index is 12.3. The molecule has 2 aliphatic heterocycles. The van der Waals surface area contributed by atoms with E-state index in [1.54, 1.807) is 0 Å². The van der Waals surface area contributed by atoms with Crippen LogP contribution in [0.5, 0.6) is 11.5 Å². The highest BCUT2D eigenvalue weighted by Gasteiger charge is 2.54. The van der Waals surface area contributed by atoms with Crippen LogP contribution < -0.4 is 14.8 Å². The van der Waals surface area contributed by atoms with Gasteiger partial charge in [0.2, 0.25) is 6.79 Å². The van der Waals surface area contributed by atoms with Crippen LogP contribution >= 0.6 is 0 Å². The highest BCUT2D eigenvalue weighted by molar-refractivity contribution is 5.67. The van der Waals surface area contributed by atoms with E-state index < -0.39 is 0 Å². The molecule has 0 spiro atoms. The fraction of sp³-hybridized carbons (Fsp3) is 0.640. The van der Waals surface area contributed by atoms with E-state index in [1.807, 2.05) is 12.1 Å². The number of unbranched alkanes of at least 4 members (excludes halogenated alkanes) is 2. The van der Waals surface area contributed by atoms with Crippen molar-refractivity contribution in [2.45, 2.75) is 53.1 Å². The molecule has 0 unspecified atom stereocenters. The molecule has 1 N–H and O–H groups in total. The Labute approximate surface area is 185 Å². The molecule has 1 fully saturated rings. The molecule has 31 heavy (non-hydrogen) atoms. The molecule has 6 heteroatoms. The Hall–Kier alpha value is -2.21. The molecule has 0 radical (unpaired) electrons. The summed E-state index contributed by atoms with van der Waals surface area (Å²) in [5.74, 6) is 2.36. The summed E-state index contributed by atoms with van der Waals surface area (Å²) in [5, 5.41) is 2.88. The number of carbonyl (C=O) groups excluding carboxylic acids is 1. The summed E-state index contributed by atoms with van der Waals surface area (Å²) in [4.78, 5) is 12.3. The van der Waals surface area contributed by atoms with Crippen LogP contribution in [0.3, 0.4) is 0 Å². The van der Waals surface area contributed by atoms with Gasteiger partial charge in [0.05, 0.1) is 12.7 Å². The van der Waals surface area contributed by atoms with E-state index in [1.165, 1.54) is 5.57 Å². The van der Waals surface area contributed by atoms with Crippen molar-refractivity contribution in [3.8, 4) is 11.5 Å². The maximum Gasteiger partial charge on any atom is 0.407 e. The molecule has 0 saturated carbocycles. The van der Waals surface area contributed by atoms with Gasteiger partial charge in [-0.05, 0) is 42.9 Å². The minimum absolute atomic E-state index is 0.0516. The van der Waals surface area contributed by atoms with Crippen molar-refractivity contribution >= 4 is 6.09 Å². The lowest BCUT2D eigenvalue weighted by Gasteiger charge is -2.55. The summed E-state index contributed by atoms with van der Waals surface area (Å²) in [6.07, 6.45) is 5.18. The van der Waals surface area contributed by atoms with Gasteiger partial charge in [-0.25, -0.2) is 4.79 Å². The summed E-state index contributed by atoms with van der Waals surface area (Å²) < 4.78 is 23.3. The van der Waals surface area contributed by atoms with Crippen molar-refractivity contribution in [2.75, 3.05) is 26.6 Å². The Morgan fingerprint density at radius 3 is 2.84 bits per heavy atom. The first-order valence-electron chi connectivity index (χ1n) is 11.6. The molecule has 1 aromatic rings. The lowest BCUT2D eigenvalue weighted by molar-refractivity contribution is -0.165. The van der Waals surface area contributed by atoms with Gasteiger partial charge in [-0.2, -0.15) is 0 Å². The van der Waals surface area contributed by atoms with E-state index in [-0.39, 0.29) is 36.2 Å². The highest BCUT2D eigenvalue weighted by atomic mass is 16.7. The van der Waals surface area contributed by atoms with Gasteiger partial charge in [0.1, 0.15) is 6.61 Å². The summed E-state index contributed by atoms with van der Waals surface area (Å²) in [6.45, 7) is 10.7. The van der Waals surface area contributed by atoms with Gasteiger partial charge in [-0.15, -0.1) is 0 Å². The van der Waals surface area contributed by atoms with Gasteiger partial charge in [0.25, 0.3) is 0 Å². The Balaban J connectivity index is 1.48. The first kappa shape index (κ1) is 22.0. The Morgan fingerprint density at radius 2 is 2.03 bits per heavy atom. The van der Waals surface area contributed by atoms with E-state index in [4.69, 9.17) is 18.9 Å². The molecule has 5 atom stereocenters. The third kappa shape index (κ3) is 4.14. The molecule has 1 saturated heterocycles. The molecular weight excluding hydrogens is 394 g/mol. The van der Waals surface area contributed by atoms with Crippen LogP contribution in [0, 0.1) is 23.2 Å². The predicted octanol–water partition coefficient (Wildman–Crippen LogP) is 5.24. The van der Waals surface area contributed by atoms with Crippen molar-refractivity contribution in [3.63, 3.8) is 0 Å². The lowest BCUT2D eigenvalue weighted by Crippen LogP contribution is -2.54.